The highest BCUT2D eigenvalue weighted by Crippen LogP contribution is 2.28. The average Bonchev–Trinajstić information content (AvgIpc) is 3.17. The number of para-hydroxylation sites is 1. The maximum Gasteiger partial charge on any atom is 0.488 e. The van der Waals surface area contributed by atoms with Gasteiger partial charge in [0.1, 0.15) is 22.2 Å². The molecule has 0 saturated heterocycles. The summed E-state index contributed by atoms with van der Waals surface area (Å²) >= 11 is 0. The van der Waals surface area contributed by atoms with Crippen molar-refractivity contribution in [1.29, 1.82) is 0 Å². The maximum atomic E-state index is 11.9. The SMILES string of the molecule is COc1nc2c(S(N)=O)cccc2n1-c1nnc(C)c(NCc2cccc(B(O)O)c2)n1. The van der Waals surface area contributed by atoms with Crippen LogP contribution in [0.4, 0.5) is 5.82 Å². The fraction of sp³-hybridized carbons (Fsp3) is 0.158. The van der Waals surface area contributed by atoms with Gasteiger partial charge in [-0.3, -0.25) is 0 Å². The Morgan fingerprint density at radius 3 is 2.69 bits per heavy atom. The first-order valence-electron chi connectivity index (χ1n) is 9.51. The number of imidazole rings is 1. The monoisotopic (exact) mass is 453 g/mol. The Labute approximate surface area is 186 Å². The van der Waals surface area contributed by atoms with Crippen molar-refractivity contribution in [3.8, 4) is 12.0 Å². The average molecular weight is 453 g/mol. The molecule has 2 heterocycles. The van der Waals surface area contributed by atoms with Crippen LogP contribution in [0.5, 0.6) is 6.01 Å². The largest absolute Gasteiger partial charge is 0.488 e. The van der Waals surface area contributed by atoms with Crippen molar-refractivity contribution >= 4 is 40.4 Å². The molecular weight excluding hydrogens is 433 g/mol. The molecule has 0 amide bonds. The van der Waals surface area contributed by atoms with Crippen LogP contribution in [0.25, 0.3) is 17.0 Å². The van der Waals surface area contributed by atoms with Gasteiger partial charge in [0.05, 0.1) is 17.5 Å². The molecule has 11 nitrogen and oxygen atoms in total. The molecule has 4 rings (SSSR count). The molecule has 0 fully saturated rings. The van der Waals surface area contributed by atoms with Gasteiger partial charge < -0.3 is 20.1 Å². The summed E-state index contributed by atoms with van der Waals surface area (Å²) in [4.78, 5) is 9.33. The van der Waals surface area contributed by atoms with Crippen molar-refractivity contribution in [2.75, 3.05) is 12.4 Å². The van der Waals surface area contributed by atoms with E-state index in [2.05, 4.69) is 25.5 Å². The van der Waals surface area contributed by atoms with Crippen LogP contribution in [0, 0.1) is 6.92 Å². The highest BCUT2D eigenvalue weighted by atomic mass is 32.2. The molecule has 0 spiro atoms. The number of hydrogen-bond donors (Lipinski definition) is 4. The zero-order chi connectivity index (χ0) is 22.8. The van der Waals surface area contributed by atoms with Crippen molar-refractivity contribution < 1.29 is 19.0 Å². The summed E-state index contributed by atoms with van der Waals surface area (Å²) in [6, 6.07) is 12.2. The minimum absolute atomic E-state index is 0.194. The molecule has 0 radical (unpaired) electrons. The number of aromatic nitrogens is 5. The highest BCUT2D eigenvalue weighted by molar-refractivity contribution is 7.83. The summed E-state index contributed by atoms with van der Waals surface area (Å²) in [7, 11) is -1.81. The Kier molecular flexibility index (Phi) is 6.14. The second kappa shape index (κ2) is 9.00. The van der Waals surface area contributed by atoms with E-state index in [9.17, 15) is 14.3 Å². The predicted octanol–water partition coefficient (Wildman–Crippen LogP) is -0.199. The number of aryl methyl sites for hydroxylation is 1. The number of rotatable bonds is 7. The molecule has 1 atom stereocenters. The van der Waals surface area contributed by atoms with Crippen molar-refractivity contribution in [3.63, 3.8) is 0 Å². The van der Waals surface area contributed by atoms with Gasteiger partial charge in [0.15, 0.2) is 5.82 Å². The molecule has 164 valence electrons. The molecule has 0 bridgehead atoms. The fourth-order valence-electron chi connectivity index (χ4n) is 3.23. The normalized spacial score (nSPS) is 12.0. The topological polar surface area (TPSA) is 161 Å². The van der Waals surface area contributed by atoms with Gasteiger partial charge in [0, 0.05) is 6.54 Å². The standard InChI is InChI=1S/C19H20BN7O4S/c1-11-17(22-10-12-5-3-6-13(9-12)20(28)29)24-18(26-25-11)27-14-7-4-8-15(32(21)30)16(14)23-19(27)31-2/h3-9,28-29H,10,21H2,1-2H3,(H,22,24,26). The maximum absolute atomic E-state index is 11.9. The third-order valence-electron chi connectivity index (χ3n) is 4.77. The number of hydrogen-bond acceptors (Lipinski definition) is 9. The molecule has 0 aliphatic heterocycles. The summed E-state index contributed by atoms with van der Waals surface area (Å²) in [6.07, 6.45) is 0. The molecule has 0 aliphatic rings. The number of nitrogens with one attached hydrogen (secondary N) is 1. The molecule has 32 heavy (non-hydrogen) atoms. The Bertz CT molecular complexity index is 1310. The zero-order valence-corrected chi connectivity index (χ0v) is 18.1. The lowest BCUT2D eigenvalue weighted by atomic mass is 9.80. The molecule has 2 aromatic heterocycles. The van der Waals surface area contributed by atoms with Gasteiger partial charge in [0.2, 0.25) is 0 Å². The van der Waals surface area contributed by atoms with Gasteiger partial charge in [-0.15, -0.1) is 10.2 Å². The second-order valence-corrected chi connectivity index (χ2v) is 7.91. The first-order valence-corrected chi connectivity index (χ1v) is 10.7. The van der Waals surface area contributed by atoms with E-state index in [1.54, 1.807) is 47.9 Å². The molecular formula is C19H20BN7O4S. The third-order valence-corrected chi connectivity index (χ3v) is 5.53. The zero-order valence-electron chi connectivity index (χ0n) is 17.3. The van der Waals surface area contributed by atoms with Crippen LogP contribution in [0.3, 0.4) is 0 Å². The van der Waals surface area contributed by atoms with E-state index in [1.165, 1.54) is 7.11 Å². The van der Waals surface area contributed by atoms with E-state index >= 15 is 0 Å². The summed E-state index contributed by atoms with van der Waals surface area (Å²) < 4.78 is 18.9. The number of anilines is 1. The van der Waals surface area contributed by atoms with Gasteiger partial charge in [-0.25, -0.2) is 13.9 Å². The summed E-state index contributed by atoms with van der Waals surface area (Å²) in [6.45, 7) is 2.14. The van der Waals surface area contributed by atoms with Gasteiger partial charge in [-0.05, 0) is 30.1 Å². The van der Waals surface area contributed by atoms with Gasteiger partial charge >= 0.3 is 13.1 Å². The van der Waals surface area contributed by atoms with Crippen LogP contribution < -0.4 is 20.7 Å². The quantitative estimate of drug-likeness (QED) is 0.278. The van der Waals surface area contributed by atoms with E-state index in [4.69, 9.17) is 9.88 Å². The van der Waals surface area contributed by atoms with Crippen LogP contribution in [0.15, 0.2) is 47.4 Å². The lowest BCUT2D eigenvalue weighted by molar-refractivity contribution is 0.373. The van der Waals surface area contributed by atoms with Crippen LogP contribution in [0.1, 0.15) is 11.3 Å². The first kappa shape index (κ1) is 21.8. The number of ether oxygens (including phenoxy) is 1. The van der Waals surface area contributed by atoms with Gasteiger partial charge in [0.25, 0.3) is 5.95 Å². The lowest BCUT2D eigenvalue weighted by Crippen LogP contribution is -2.30. The Morgan fingerprint density at radius 2 is 1.97 bits per heavy atom. The van der Waals surface area contributed by atoms with Gasteiger partial charge in [-0.1, -0.05) is 30.3 Å². The molecule has 5 N–H and O–H groups in total. The van der Waals surface area contributed by atoms with Crippen molar-refractivity contribution in [2.24, 2.45) is 5.14 Å². The predicted molar refractivity (Wildman–Crippen MR) is 120 cm³/mol. The lowest BCUT2D eigenvalue weighted by Gasteiger charge is -2.11. The smallest absolute Gasteiger partial charge is 0.468 e. The van der Waals surface area contributed by atoms with E-state index in [0.29, 0.717) is 39.4 Å². The third kappa shape index (κ3) is 4.18. The molecule has 13 heteroatoms. The fourth-order valence-corrected chi connectivity index (χ4v) is 3.78. The van der Waals surface area contributed by atoms with Gasteiger partial charge in [-0.2, -0.15) is 9.97 Å². The van der Waals surface area contributed by atoms with E-state index in [1.807, 2.05) is 6.07 Å². The van der Waals surface area contributed by atoms with Crippen LogP contribution >= 0.6 is 0 Å². The van der Waals surface area contributed by atoms with Crippen molar-refractivity contribution in [3.05, 3.63) is 53.7 Å². The van der Waals surface area contributed by atoms with Crippen LogP contribution in [-0.2, 0) is 17.5 Å². The minimum atomic E-state index is -1.73. The molecule has 0 saturated carbocycles. The first-order chi connectivity index (χ1) is 15.4. The summed E-state index contributed by atoms with van der Waals surface area (Å²) in [5, 5.41) is 35.9. The Morgan fingerprint density at radius 1 is 1.19 bits per heavy atom. The van der Waals surface area contributed by atoms with E-state index in [0.717, 1.165) is 5.56 Å². The minimum Gasteiger partial charge on any atom is -0.468 e. The van der Waals surface area contributed by atoms with E-state index in [-0.39, 0.29) is 12.0 Å². The molecule has 2 aromatic carbocycles. The molecule has 1 unspecified atom stereocenters. The summed E-state index contributed by atoms with van der Waals surface area (Å²) in [5.74, 6) is 0.685. The number of nitrogens with zero attached hydrogens (tertiary/aromatic N) is 5. The number of benzene rings is 2. The highest BCUT2D eigenvalue weighted by Gasteiger charge is 2.20. The Hall–Kier alpha value is -3.39. The van der Waals surface area contributed by atoms with Crippen LogP contribution in [0.2, 0.25) is 0 Å². The van der Waals surface area contributed by atoms with E-state index < -0.39 is 18.1 Å². The van der Waals surface area contributed by atoms with Crippen LogP contribution in [-0.4, -0.2) is 53.2 Å². The van der Waals surface area contributed by atoms with Crippen molar-refractivity contribution in [2.45, 2.75) is 18.4 Å². The number of nitrogens with two attached hydrogens (primary N) is 1. The van der Waals surface area contributed by atoms with Crippen molar-refractivity contribution in [1.82, 2.24) is 24.7 Å². The number of fused-ring (bicyclic) bond motifs is 1. The second-order valence-electron chi connectivity index (χ2n) is 6.87. The Balaban J connectivity index is 1.72. The summed E-state index contributed by atoms with van der Waals surface area (Å²) in [5.41, 5.74) is 2.78. The molecule has 4 aromatic rings. The molecule has 0 aliphatic carbocycles. The number of methoxy groups -OCH3 is 1.